The highest BCUT2D eigenvalue weighted by molar-refractivity contribution is 5.84. The van der Waals surface area contributed by atoms with E-state index >= 15 is 0 Å². The number of hydrogen-bond acceptors (Lipinski definition) is 6. The van der Waals surface area contributed by atoms with Crippen LogP contribution in [0, 0.1) is 0 Å². The Bertz CT molecular complexity index is 963. The highest BCUT2D eigenvalue weighted by Gasteiger charge is 2.14. The number of likely N-dealkylation sites (N-methyl/N-ethyl adjacent to an activating group) is 1. The van der Waals surface area contributed by atoms with Crippen LogP contribution in [0.5, 0.6) is 5.88 Å². The molecule has 0 aliphatic carbocycles. The van der Waals surface area contributed by atoms with E-state index in [-0.39, 0.29) is 0 Å². The molecule has 7 heteroatoms. The molecule has 29 heavy (non-hydrogen) atoms. The molecule has 152 valence electrons. The monoisotopic (exact) mass is 393 g/mol. The van der Waals surface area contributed by atoms with Crippen molar-refractivity contribution in [2.45, 2.75) is 6.54 Å². The van der Waals surface area contributed by atoms with E-state index in [1.807, 2.05) is 37.7 Å². The summed E-state index contributed by atoms with van der Waals surface area (Å²) < 4.78 is 11.3. The van der Waals surface area contributed by atoms with Crippen molar-refractivity contribution in [1.29, 1.82) is 0 Å². The van der Waals surface area contributed by atoms with Crippen LogP contribution in [0.2, 0.25) is 0 Å². The normalized spacial score (nSPS) is 14.7. The first-order valence-corrected chi connectivity index (χ1v) is 10.0. The summed E-state index contributed by atoms with van der Waals surface area (Å²) >= 11 is 0. The van der Waals surface area contributed by atoms with Gasteiger partial charge in [-0.1, -0.05) is 18.2 Å². The summed E-state index contributed by atoms with van der Waals surface area (Å²) in [5.41, 5.74) is 4.20. The second-order valence-electron chi connectivity index (χ2n) is 6.97. The van der Waals surface area contributed by atoms with Crippen LogP contribution in [0.4, 0.5) is 5.69 Å². The van der Waals surface area contributed by atoms with E-state index in [9.17, 15) is 0 Å². The predicted molar refractivity (Wildman–Crippen MR) is 116 cm³/mol. The van der Waals surface area contributed by atoms with E-state index in [0.29, 0.717) is 19.0 Å². The number of benzene rings is 1. The predicted octanol–water partition coefficient (Wildman–Crippen LogP) is 2.62. The summed E-state index contributed by atoms with van der Waals surface area (Å²) in [7, 11) is 1.91. The maximum absolute atomic E-state index is 5.83. The van der Waals surface area contributed by atoms with E-state index in [0.717, 1.165) is 49.7 Å². The number of aromatic amines is 1. The Morgan fingerprint density at radius 1 is 1.28 bits per heavy atom. The molecule has 1 aliphatic heterocycles. The lowest BCUT2D eigenvalue weighted by atomic mass is 10.2. The molecule has 0 atom stereocenters. The average molecular weight is 393 g/mol. The number of pyridine rings is 1. The van der Waals surface area contributed by atoms with Crippen molar-refractivity contribution >= 4 is 22.8 Å². The number of ether oxygens (including phenoxy) is 2. The van der Waals surface area contributed by atoms with Gasteiger partial charge < -0.3 is 24.7 Å². The molecule has 0 saturated carbocycles. The van der Waals surface area contributed by atoms with Gasteiger partial charge in [-0.3, -0.25) is 4.99 Å². The van der Waals surface area contributed by atoms with Gasteiger partial charge in [-0.25, -0.2) is 4.98 Å². The fourth-order valence-electron chi connectivity index (χ4n) is 3.41. The lowest BCUT2D eigenvalue weighted by Gasteiger charge is -2.29. The highest BCUT2D eigenvalue weighted by Crippen LogP contribution is 2.22. The van der Waals surface area contributed by atoms with Crippen LogP contribution in [-0.4, -0.2) is 62.7 Å². The maximum atomic E-state index is 5.83. The van der Waals surface area contributed by atoms with Crippen LogP contribution < -0.4 is 15.0 Å². The summed E-state index contributed by atoms with van der Waals surface area (Å²) in [6.45, 7) is 5.15. The fraction of sp³-hybridized carbons (Fsp3) is 0.364. The summed E-state index contributed by atoms with van der Waals surface area (Å²) in [5, 5.41) is 4.29. The van der Waals surface area contributed by atoms with Gasteiger partial charge in [0.25, 0.3) is 0 Å². The lowest BCUT2D eigenvalue weighted by molar-refractivity contribution is 0.122. The minimum Gasteiger partial charge on any atom is -0.476 e. The van der Waals surface area contributed by atoms with Crippen LogP contribution in [0.25, 0.3) is 10.9 Å². The molecule has 3 aromatic rings. The van der Waals surface area contributed by atoms with Crippen LogP contribution >= 0.6 is 0 Å². The van der Waals surface area contributed by atoms with Gasteiger partial charge >= 0.3 is 0 Å². The van der Waals surface area contributed by atoms with Gasteiger partial charge in [-0.05, 0) is 24.7 Å². The number of rotatable bonds is 8. The third-order valence-electron chi connectivity index (χ3n) is 4.94. The van der Waals surface area contributed by atoms with Crippen molar-refractivity contribution in [1.82, 2.24) is 15.3 Å². The summed E-state index contributed by atoms with van der Waals surface area (Å²) in [4.78, 5) is 14.8. The molecule has 3 heterocycles. The molecule has 1 aromatic carbocycles. The van der Waals surface area contributed by atoms with E-state index in [4.69, 9.17) is 9.47 Å². The van der Waals surface area contributed by atoms with Crippen molar-refractivity contribution in [2.24, 2.45) is 4.99 Å². The molecule has 2 aromatic heterocycles. The second-order valence-corrected chi connectivity index (χ2v) is 6.97. The Kier molecular flexibility index (Phi) is 6.38. The molecular weight excluding hydrogens is 366 g/mol. The number of H-pyrrole nitrogens is 1. The minimum absolute atomic E-state index is 0.571. The molecule has 4 rings (SSSR count). The molecule has 1 fully saturated rings. The summed E-state index contributed by atoms with van der Waals surface area (Å²) in [6, 6.07) is 12.3. The molecule has 1 aliphatic rings. The van der Waals surface area contributed by atoms with E-state index in [2.05, 4.69) is 43.4 Å². The quantitative estimate of drug-likeness (QED) is 0.455. The van der Waals surface area contributed by atoms with E-state index in [1.165, 1.54) is 10.9 Å². The first kappa shape index (κ1) is 19.4. The number of anilines is 1. The average Bonchev–Trinajstić information content (AvgIpc) is 3.18. The van der Waals surface area contributed by atoms with Gasteiger partial charge in [0.1, 0.15) is 6.61 Å². The number of nitrogens with zero attached hydrogens (tertiary/aromatic N) is 3. The Labute approximate surface area is 170 Å². The summed E-state index contributed by atoms with van der Waals surface area (Å²) in [5.74, 6) is 0.623. The van der Waals surface area contributed by atoms with Gasteiger partial charge in [0.15, 0.2) is 0 Å². The van der Waals surface area contributed by atoms with E-state index in [1.54, 1.807) is 0 Å². The first-order chi connectivity index (χ1) is 14.3. The third-order valence-corrected chi connectivity index (χ3v) is 4.94. The Morgan fingerprint density at radius 2 is 2.14 bits per heavy atom. The van der Waals surface area contributed by atoms with Crippen molar-refractivity contribution in [3.63, 3.8) is 0 Å². The van der Waals surface area contributed by atoms with Crippen molar-refractivity contribution < 1.29 is 9.47 Å². The lowest BCUT2D eigenvalue weighted by Crippen LogP contribution is -2.36. The standard InChI is InChI=1S/C22H27N5O2/c1-23-6-9-29-22-13-19(27-7-10-28-11-8-27)12-18(26-22)16-24-14-17-15-25-21-5-3-2-4-20(17)21/h2-5,12-13,15-16,23,25H,6-11,14H2,1H3. The Morgan fingerprint density at radius 3 is 3.00 bits per heavy atom. The molecule has 0 unspecified atom stereocenters. The fourth-order valence-corrected chi connectivity index (χ4v) is 3.41. The number of hydrogen-bond donors (Lipinski definition) is 2. The van der Waals surface area contributed by atoms with Crippen LogP contribution in [0.1, 0.15) is 11.3 Å². The zero-order valence-electron chi connectivity index (χ0n) is 16.7. The number of morpholine rings is 1. The highest BCUT2D eigenvalue weighted by atomic mass is 16.5. The number of nitrogens with one attached hydrogen (secondary N) is 2. The molecule has 0 bridgehead atoms. The number of fused-ring (bicyclic) bond motifs is 1. The van der Waals surface area contributed by atoms with Gasteiger partial charge in [0.05, 0.1) is 25.5 Å². The Balaban J connectivity index is 1.52. The SMILES string of the molecule is CNCCOc1cc(N2CCOCC2)cc(C=NCc2c[nH]c3ccccc23)n1. The van der Waals surface area contributed by atoms with Crippen molar-refractivity contribution in [3.8, 4) is 5.88 Å². The second kappa shape index (κ2) is 9.54. The van der Waals surface area contributed by atoms with Gasteiger partial charge in [0, 0.05) is 54.7 Å². The third kappa shape index (κ3) is 4.93. The van der Waals surface area contributed by atoms with Gasteiger partial charge in [-0.2, -0.15) is 0 Å². The molecule has 7 nitrogen and oxygen atoms in total. The molecular formula is C22H27N5O2. The van der Waals surface area contributed by atoms with E-state index < -0.39 is 0 Å². The number of aliphatic imine (C=N–C) groups is 1. The number of aromatic nitrogens is 2. The topological polar surface area (TPSA) is 74.8 Å². The first-order valence-electron chi connectivity index (χ1n) is 10.0. The van der Waals surface area contributed by atoms with Gasteiger partial charge in [0.2, 0.25) is 5.88 Å². The van der Waals surface area contributed by atoms with Crippen LogP contribution in [-0.2, 0) is 11.3 Å². The van der Waals surface area contributed by atoms with Crippen LogP contribution in [0.3, 0.4) is 0 Å². The van der Waals surface area contributed by atoms with Crippen molar-refractivity contribution in [3.05, 3.63) is 53.9 Å². The van der Waals surface area contributed by atoms with Crippen molar-refractivity contribution in [2.75, 3.05) is 51.4 Å². The minimum atomic E-state index is 0.571. The zero-order valence-corrected chi connectivity index (χ0v) is 16.7. The molecule has 1 saturated heterocycles. The van der Waals surface area contributed by atoms with Gasteiger partial charge in [-0.15, -0.1) is 0 Å². The molecule has 0 amide bonds. The summed E-state index contributed by atoms with van der Waals surface area (Å²) in [6.07, 6.45) is 3.85. The molecule has 0 radical (unpaired) electrons. The maximum Gasteiger partial charge on any atom is 0.215 e. The molecule has 0 spiro atoms. The largest absolute Gasteiger partial charge is 0.476 e. The molecule has 2 N–H and O–H groups in total. The van der Waals surface area contributed by atoms with Crippen LogP contribution in [0.15, 0.2) is 47.6 Å². The number of para-hydroxylation sites is 1. The Hall–Kier alpha value is -2.90. The smallest absolute Gasteiger partial charge is 0.215 e. The zero-order chi connectivity index (χ0) is 19.9.